The molecule has 0 aromatic heterocycles. The molecule has 7 heteroatoms. The van der Waals surface area contributed by atoms with Crippen LogP contribution in [0.1, 0.15) is 0 Å². The van der Waals surface area contributed by atoms with Gasteiger partial charge in [-0.05, 0) is 0 Å². The predicted molar refractivity (Wildman–Crippen MR) is 41.6 cm³/mol. The van der Waals surface area contributed by atoms with Gasteiger partial charge in [-0.15, -0.1) is 0 Å². The van der Waals surface area contributed by atoms with Crippen molar-refractivity contribution in [3.63, 3.8) is 0 Å². The first kappa shape index (κ1) is 7.97. The van der Waals surface area contributed by atoms with E-state index in [-0.39, 0.29) is 7.17 Å². The van der Waals surface area contributed by atoms with Crippen molar-refractivity contribution in [3.8, 4) is 0 Å². The largest absolute Gasteiger partial charge is 0.490 e. The first-order valence-electron chi connectivity index (χ1n) is 2.27. The van der Waals surface area contributed by atoms with Crippen LogP contribution in [0.25, 0.3) is 0 Å². The van der Waals surface area contributed by atoms with Crippen molar-refractivity contribution in [2.45, 2.75) is 0 Å². The maximum atomic E-state index is 9.83. The second-order valence-electron chi connectivity index (χ2n) is 1.20. The van der Waals surface area contributed by atoms with Gasteiger partial charge in [-0.3, -0.25) is 4.79 Å². The lowest BCUT2D eigenvalue weighted by molar-refractivity contribution is 0.220. The Hall–Kier alpha value is -0.0252. The Bertz CT molecular complexity index is 79.7. The molecule has 0 rings (SSSR count). The molecule has 0 unspecified atom stereocenters. The van der Waals surface area contributed by atoms with Gasteiger partial charge < -0.3 is 9.74 Å². The molecule has 0 amide bonds. The summed E-state index contributed by atoms with van der Waals surface area (Å²) < 4.78 is 2.78. The van der Waals surface area contributed by atoms with Gasteiger partial charge in [0.15, 0.2) is 14.4 Å². The molecule has 0 saturated carbocycles. The minimum atomic E-state index is -0.743. The normalized spacial score (nSPS) is 8.00. The maximum absolute atomic E-state index is 9.83. The lowest BCUT2D eigenvalue weighted by Gasteiger charge is -1.88. The zero-order chi connectivity index (χ0) is 6.41. The zero-order valence-corrected chi connectivity index (χ0v) is 5.49. The standard InChI is InChI=1S/CH6B3NO2S/c2-5-8-4-3-1(6)7/h3-5H,2H2,(H,6,7). The number of rotatable bonds is 4. The van der Waals surface area contributed by atoms with E-state index in [9.17, 15) is 4.79 Å². The van der Waals surface area contributed by atoms with E-state index in [1.807, 2.05) is 0 Å². The fraction of sp³-hybridized carbons (Fsp3) is 0. The molecule has 0 aliphatic heterocycles. The van der Waals surface area contributed by atoms with E-state index >= 15 is 0 Å². The number of hydrogen-bond acceptors (Lipinski definition) is 3. The highest BCUT2D eigenvalue weighted by Gasteiger charge is 1.99. The highest BCUT2D eigenvalue weighted by molar-refractivity contribution is 8.26. The van der Waals surface area contributed by atoms with Gasteiger partial charge in [-0.1, -0.05) is 0 Å². The summed E-state index contributed by atoms with van der Waals surface area (Å²) in [4.78, 5) is 9.83. The Morgan fingerprint density at radius 2 is 2.50 bits per heavy atom. The van der Waals surface area contributed by atoms with Gasteiger partial charge in [0.2, 0.25) is 13.0 Å². The summed E-state index contributed by atoms with van der Waals surface area (Å²) in [5.41, 5.74) is 0. The van der Waals surface area contributed by atoms with Crippen molar-refractivity contribution in [1.29, 1.82) is 0 Å². The van der Waals surface area contributed by atoms with Crippen LogP contribution in [0.4, 0.5) is 4.79 Å². The second kappa shape index (κ2) is 5.12. The van der Waals surface area contributed by atoms with Gasteiger partial charge in [0.25, 0.3) is 0 Å². The molecule has 0 bridgehead atoms. The molecule has 0 aromatic carbocycles. The summed E-state index contributed by atoms with van der Waals surface area (Å²) in [6, 6.07) is 0. The van der Waals surface area contributed by atoms with Gasteiger partial charge in [-0.25, -0.2) is 0 Å². The van der Waals surface area contributed by atoms with E-state index in [1.54, 1.807) is 7.98 Å². The van der Waals surface area contributed by atoms with Crippen LogP contribution >= 0.6 is 11.8 Å². The van der Waals surface area contributed by atoms with E-state index < -0.39 is 5.87 Å². The van der Waals surface area contributed by atoms with Gasteiger partial charge in [0, 0.05) is 0 Å². The Labute approximate surface area is 54.5 Å². The molecule has 2 N–H and O–H groups in total. The molecule has 0 aliphatic rings. The number of carboxylic acid groups (broad SMARTS) is 1. The number of hydrogen-bond donors (Lipinski definition) is 2. The topological polar surface area (TPSA) is 49.3 Å². The van der Waals surface area contributed by atoms with E-state index in [1.165, 1.54) is 11.8 Å². The monoisotopic (exact) mass is 129 g/mol. The molecular formula is CH6B3NO2S. The molecule has 0 atom stereocenters. The fourth-order valence-electron chi connectivity index (χ4n) is 0.240. The average Bonchev–Trinajstić information content (AvgIpc) is 1.66. The maximum Gasteiger partial charge on any atom is 0.239 e. The van der Waals surface area contributed by atoms with Crippen LogP contribution < -0.4 is 4.63 Å². The van der Waals surface area contributed by atoms with Gasteiger partial charge in [-0.2, -0.15) is 11.8 Å². The third-order valence-electron chi connectivity index (χ3n) is 0.562. The minimum absolute atomic E-state index is 0.228. The van der Waals surface area contributed by atoms with Crippen LogP contribution in [0.3, 0.4) is 0 Å². The molecule has 3 nitrogen and oxygen atoms in total. The van der Waals surface area contributed by atoms with E-state index in [4.69, 9.17) is 5.11 Å². The van der Waals surface area contributed by atoms with Crippen LogP contribution in [-0.4, -0.2) is 32.6 Å². The van der Waals surface area contributed by atoms with E-state index in [0.717, 1.165) is 0 Å². The van der Waals surface area contributed by atoms with Crippen molar-refractivity contribution in [2.75, 3.05) is 0 Å². The van der Waals surface area contributed by atoms with Crippen molar-refractivity contribution in [1.82, 2.24) is 4.63 Å². The van der Waals surface area contributed by atoms with E-state index in [2.05, 4.69) is 4.63 Å². The summed E-state index contributed by atoms with van der Waals surface area (Å²) in [5, 5.41) is 8.10. The van der Waals surface area contributed by atoms with Crippen molar-refractivity contribution >= 4 is 39.3 Å². The molecule has 0 fully saturated rings. The average molecular weight is 129 g/mol. The van der Waals surface area contributed by atoms with Crippen LogP contribution in [0.2, 0.25) is 0 Å². The quantitative estimate of drug-likeness (QED) is 0.265. The van der Waals surface area contributed by atoms with E-state index in [0.29, 0.717) is 6.45 Å². The van der Waals surface area contributed by atoms with Crippen molar-refractivity contribution in [3.05, 3.63) is 0 Å². The Morgan fingerprint density at radius 3 is 2.88 bits per heavy atom. The smallest absolute Gasteiger partial charge is 0.239 e. The molecular weight excluding hydrogens is 123 g/mol. The van der Waals surface area contributed by atoms with Crippen LogP contribution in [-0.2, 0) is 0 Å². The summed E-state index contributed by atoms with van der Waals surface area (Å²) in [7, 11) is 2.00. The van der Waals surface area contributed by atoms with Crippen LogP contribution in [0, 0.1) is 0 Å². The lowest BCUT2D eigenvalue weighted by atomic mass is 9.55. The second-order valence-corrected chi connectivity index (χ2v) is 2.30. The highest BCUT2D eigenvalue weighted by atomic mass is 32.2. The summed E-state index contributed by atoms with van der Waals surface area (Å²) in [6.45, 7) is 0. The Morgan fingerprint density at radius 1 is 1.88 bits per heavy atom. The first-order chi connectivity index (χ1) is 3.77. The fourth-order valence-corrected chi connectivity index (χ4v) is 0.721. The molecule has 0 radical (unpaired) electrons. The highest BCUT2D eigenvalue weighted by Crippen LogP contribution is 1.82. The Kier molecular flexibility index (Phi) is 5.10. The van der Waals surface area contributed by atoms with Gasteiger partial charge in [0.1, 0.15) is 0 Å². The molecule has 42 valence electrons. The molecule has 0 aliphatic carbocycles. The summed E-state index contributed by atoms with van der Waals surface area (Å²) in [5.74, 6) is -0.743. The van der Waals surface area contributed by atoms with Crippen LogP contribution in [0.5, 0.6) is 0 Å². The molecule has 0 heterocycles. The first-order valence-corrected chi connectivity index (χ1v) is 3.26. The summed E-state index contributed by atoms with van der Waals surface area (Å²) in [6.07, 6.45) is 0.631. The molecule has 0 spiro atoms. The molecule has 0 saturated heterocycles. The lowest BCUT2D eigenvalue weighted by Crippen LogP contribution is -2.14. The number of nitrogens with one attached hydrogen (secondary N) is 1. The third-order valence-corrected chi connectivity index (χ3v) is 1.26. The van der Waals surface area contributed by atoms with Gasteiger partial charge >= 0.3 is 0 Å². The SMILES string of the molecule is BNSBBC(=O)O. The molecule has 0 aromatic rings. The Balaban J connectivity index is 2.82. The number of carbonyl (C=O) groups is 1. The van der Waals surface area contributed by atoms with Gasteiger partial charge in [0.05, 0.1) is 0 Å². The van der Waals surface area contributed by atoms with Crippen molar-refractivity contribution < 1.29 is 9.90 Å². The summed E-state index contributed by atoms with van der Waals surface area (Å²) >= 11 is 1.41. The third kappa shape index (κ3) is 5.97. The molecule has 8 heavy (non-hydrogen) atoms. The van der Waals surface area contributed by atoms with Crippen molar-refractivity contribution in [2.24, 2.45) is 0 Å². The minimum Gasteiger partial charge on any atom is -0.490 e. The predicted octanol–water partition coefficient (Wildman–Crippen LogP) is -1.85. The van der Waals surface area contributed by atoms with Crippen LogP contribution in [0.15, 0.2) is 0 Å². The zero-order valence-electron chi connectivity index (χ0n) is 4.68.